The third kappa shape index (κ3) is 3.43. The molecular formula is C18H25NO2Si. The number of ether oxygens (including phenoxy) is 1. The van der Waals surface area contributed by atoms with Crippen molar-refractivity contribution in [1.29, 1.82) is 0 Å². The van der Waals surface area contributed by atoms with Gasteiger partial charge in [-0.3, -0.25) is 0 Å². The van der Waals surface area contributed by atoms with Gasteiger partial charge < -0.3 is 9.64 Å². The van der Waals surface area contributed by atoms with E-state index in [0.717, 1.165) is 18.7 Å². The van der Waals surface area contributed by atoms with Gasteiger partial charge in [0, 0.05) is 18.5 Å². The van der Waals surface area contributed by atoms with Crippen molar-refractivity contribution >= 4 is 14.2 Å². The highest BCUT2D eigenvalue weighted by atomic mass is 28.3. The Bertz CT molecular complexity index is 578. The fourth-order valence-electron chi connectivity index (χ4n) is 3.15. The monoisotopic (exact) mass is 315 g/mol. The van der Waals surface area contributed by atoms with Crippen LogP contribution in [0.15, 0.2) is 42.1 Å². The van der Waals surface area contributed by atoms with Crippen molar-refractivity contribution in [2.75, 3.05) is 13.1 Å². The summed E-state index contributed by atoms with van der Waals surface area (Å²) in [5.74, 6) is 0.643. The molecule has 1 saturated carbocycles. The molecule has 22 heavy (non-hydrogen) atoms. The summed E-state index contributed by atoms with van der Waals surface area (Å²) in [5.41, 5.74) is 3.71. The minimum atomic E-state index is -1.17. The molecule has 2 aliphatic rings. The number of amides is 1. The SMILES string of the molecule is C[Si](C)(C)/C=C\C12CC1CN(C(=O)OCc1ccccc1)C2. The Morgan fingerprint density at radius 3 is 2.77 bits per heavy atom. The van der Waals surface area contributed by atoms with E-state index in [1.54, 1.807) is 0 Å². The largest absolute Gasteiger partial charge is 0.445 e. The van der Waals surface area contributed by atoms with Gasteiger partial charge in [0.25, 0.3) is 0 Å². The first-order valence-electron chi connectivity index (χ1n) is 8.04. The van der Waals surface area contributed by atoms with Crippen LogP contribution in [0.4, 0.5) is 4.79 Å². The van der Waals surface area contributed by atoms with Crippen LogP contribution in [-0.4, -0.2) is 32.2 Å². The molecule has 1 aromatic rings. The highest BCUT2D eigenvalue weighted by Gasteiger charge is 2.59. The van der Waals surface area contributed by atoms with Gasteiger partial charge in [-0.25, -0.2) is 4.79 Å². The molecule has 0 radical (unpaired) electrons. The van der Waals surface area contributed by atoms with Crippen LogP contribution in [0.25, 0.3) is 0 Å². The number of fused-ring (bicyclic) bond motifs is 1. The summed E-state index contributed by atoms with van der Waals surface area (Å²) in [6.07, 6.45) is 3.46. The van der Waals surface area contributed by atoms with Crippen LogP contribution in [0.2, 0.25) is 19.6 Å². The third-order valence-corrected chi connectivity index (χ3v) is 5.75. The van der Waals surface area contributed by atoms with Crippen molar-refractivity contribution in [3.8, 4) is 0 Å². The molecule has 1 aliphatic heterocycles. The summed E-state index contributed by atoms with van der Waals surface area (Å²) in [4.78, 5) is 14.1. The maximum atomic E-state index is 12.2. The van der Waals surface area contributed by atoms with E-state index >= 15 is 0 Å². The molecular weight excluding hydrogens is 290 g/mol. The van der Waals surface area contributed by atoms with Crippen LogP contribution in [0, 0.1) is 11.3 Å². The van der Waals surface area contributed by atoms with Gasteiger partial charge in [0.05, 0.1) is 8.07 Å². The van der Waals surface area contributed by atoms with Gasteiger partial charge in [0.15, 0.2) is 0 Å². The Morgan fingerprint density at radius 2 is 2.09 bits per heavy atom. The lowest BCUT2D eigenvalue weighted by Crippen LogP contribution is -2.32. The number of nitrogens with zero attached hydrogens (tertiary/aromatic N) is 1. The smallest absolute Gasteiger partial charge is 0.410 e. The lowest BCUT2D eigenvalue weighted by Gasteiger charge is -2.20. The fourth-order valence-corrected chi connectivity index (χ4v) is 3.98. The first-order valence-corrected chi connectivity index (χ1v) is 11.6. The Morgan fingerprint density at radius 1 is 1.36 bits per heavy atom. The minimum Gasteiger partial charge on any atom is -0.445 e. The van der Waals surface area contributed by atoms with Crippen molar-refractivity contribution < 1.29 is 9.53 Å². The van der Waals surface area contributed by atoms with Crippen LogP contribution in [0.5, 0.6) is 0 Å². The zero-order chi connectivity index (χ0) is 15.8. The molecule has 0 spiro atoms. The molecule has 1 saturated heterocycles. The van der Waals surface area contributed by atoms with Crippen LogP contribution in [0.3, 0.4) is 0 Å². The molecule has 2 unspecified atom stereocenters. The molecule has 3 rings (SSSR count). The summed E-state index contributed by atoms with van der Waals surface area (Å²) in [5, 5.41) is 0. The Hall–Kier alpha value is -1.55. The summed E-state index contributed by atoms with van der Waals surface area (Å²) in [6, 6.07) is 9.85. The van der Waals surface area contributed by atoms with E-state index in [1.165, 1.54) is 6.42 Å². The van der Waals surface area contributed by atoms with Crippen LogP contribution in [-0.2, 0) is 11.3 Å². The number of benzene rings is 1. The standard InChI is InChI=1S/C18H25NO2Si/c1-22(2,3)10-9-18-11-16(18)12-19(14-18)17(20)21-13-15-7-5-4-6-8-15/h4-10,16H,11-14H2,1-3H3/b10-9-. The average molecular weight is 315 g/mol. The van der Waals surface area contributed by atoms with Gasteiger partial charge in [-0.1, -0.05) is 61.7 Å². The number of piperidine rings is 1. The summed E-state index contributed by atoms with van der Waals surface area (Å²) < 4.78 is 5.44. The number of carbonyl (C=O) groups excluding carboxylic acids is 1. The van der Waals surface area contributed by atoms with Crippen molar-refractivity contribution in [3.05, 3.63) is 47.7 Å². The predicted molar refractivity (Wildman–Crippen MR) is 91.2 cm³/mol. The molecule has 1 aromatic carbocycles. The molecule has 1 amide bonds. The van der Waals surface area contributed by atoms with Crippen molar-refractivity contribution in [2.24, 2.45) is 11.3 Å². The van der Waals surface area contributed by atoms with Gasteiger partial charge in [0.2, 0.25) is 0 Å². The van der Waals surface area contributed by atoms with Gasteiger partial charge in [-0.05, 0) is 17.9 Å². The highest BCUT2D eigenvalue weighted by molar-refractivity contribution is 6.80. The van der Waals surface area contributed by atoms with Crippen LogP contribution < -0.4 is 0 Å². The van der Waals surface area contributed by atoms with Crippen LogP contribution in [0.1, 0.15) is 12.0 Å². The van der Waals surface area contributed by atoms with E-state index < -0.39 is 8.07 Å². The Kier molecular flexibility index (Phi) is 3.89. The normalized spacial score (nSPS) is 27.0. The van der Waals surface area contributed by atoms with E-state index in [0.29, 0.717) is 12.5 Å². The molecule has 0 N–H and O–H groups in total. The molecule has 3 nitrogen and oxygen atoms in total. The number of hydrogen-bond donors (Lipinski definition) is 0. The summed E-state index contributed by atoms with van der Waals surface area (Å²) in [6.45, 7) is 9.07. The molecule has 0 bridgehead atoms. The number of rotatable bonds is 4. The molecule has 118 valence electrons. The first-order chi connectivity index (χ1) is 10.4. The fraction of sp³-hybridized carbons (Fsp3) is 0.500. The van der Waals surface area contributed by atoms with E-state index in [9.17, 15) is 4.79 Å². The van der Waals surface area contributed by atoms with E-state index in [-0.39, 0.29) is 11.5 Å². The Balaban J connectivity index is 1.53. The van der Waals surface area contributed by atoms with Gasteiger partial charge >= 0.3 is 6.09 Å². The van der Waals surface area contributed by atoms with E-state index in [2.05, 4.69) is 31.4 Å². The van der Waals surface area contributed by atoms with Crippen molar-refractivity contribution in [3.63, 3.8) is 0 Å². The summed E-state index contributed by atoms with van der Waals surface area (Å²) >= 11 is 0. The number of hydrogen-bond acceptors (Lipinski definition) is 2. The summed E-state index contributed by atoms with van der Waals surface area (Å²) in [7, 11) is -1.17. The lowest BCUT2D eigenvalue weighted by atomic mass is 10.1. The van der Waals surface area contributed by atoms with Gasteiger partial charge in [0.1, 0.15) is 6.61 Å². The topological polar surface area (TPSA) is 29.5 Å². The molecule has 2 fully saturated rings. The molecule has 1 heterocycles. The second-order valence-corrected chi connectivity index (χ2v) is 12.8. The second kappa shape index (κ2) is 5.58. The molecule has 0 aromatic heterocycles. The minimum absolute atomic E-state index is 0.170. The lowest BCUT2D eigenvalue weighted by molar-refractivity contribution is 0.0992. The first kappa shape index (κ1) is 15.3. The van der Waals surface area contributed by atoms with Crippen molar-refractivity contribution in [2.45, 2.75) is 32.7 Å². The zero-order valence-corrected chi connectivity index (χ0v) is 14.7. The number of carbonyl (C=O) groups is 1. The zero-order valence-electron chi connectivity index (χ0n) is 13.7. The van der Waals surface area contributed by atoms with Crippen LogP contribution >= 0.6 is 0 Å². The van der Waals surface area contributed by atoms with Gasteiger partial charge in [-0.2, -0.15) is 0 Å². The van der Waals surface area contributed by atoms with Crippen molar-refractivity contribution in [1.82, 2.24) is 4.90 Å². The predicted octanol–water partition coefficient (Wildman–Crippen LogP) is 4.08. The maximum Gasteiger partial charge on any atom is 0.410 e. The molecule has 4 heteroatoms. The quantitative estimate of drug-likeness (QED) is 0.784. The average Bonchev–Trinajstić information content (AvgIpc) is 3.04. The second-order valence-electron chi connectivity index (χ2n) is 7.75. The number of likely N-dealkylation sites (tertiary alicyclic amines) is 1. The van der Waals surface area contributed by atoms with E-state index in [4.69, 9.17) is 4.74 Å². The third-order valence-electron chi connectivity index (χ3n) is 4.58. The Labute approximate surface area is 134 Å². The highest BCUT2D eigenvalue weighted by Crippen LogP contribution is 2.59. The van der Waals surface area contributed by atoms with Gasteiger partial charge in [-0.15, -0.1) is 0 Å². The molecule has 1 aliphatic carbocycles. The van der Waals surface area contributed by atoms with E-state index in [1.807, 2.05) is 35.2 Å². The maximum absolute atomic E-state index is 12.2. The molecule has 2 atom stereocenters.